The van der Waals surface area contributed by atoms with Crippen LogP contribution in [0.1, 0.15) is 27.2 Å². The monoisotopic (exact) mass is 448 g/mol. The van der Waals surface area contributed by atoms with E-state index in [0.29, 0.717) is 0 Å². The minimum Gasteiger partial charge on any atom is -0.463 e. The minimum absolute atomic E-state index is 0. The Labute approximate surface area is 147 Å². The van der Waals surface area contributed by atoms with Gasteiger partial charge in [-0.3, -0.25) is 18.2 Å². The normalized spacial score (nSPS) is 27.3. The minimum atomic E-state index is -0.902. The van der Waals surface area contributed by atoms with Crippen LogP contribution in [0.15, 0.2) is 0 Å². The second-order valence-electron chi connectivity index (χ2n) is 4.47. The summed E-state index contributed by atoms with van der Waals surface area (Å²) in [5.41, 5.74) is 0. The molecule has 10 heteroatoms. The van der Waals surface area contributed by atoms with Crippen LogP contribution in [0.25, 0.3) is 0 Å². The Kier molecular flexibility index (Phi) is 9.81. The molecule has 0 aromatic rings. The molecule has 0 saturated carbocycles. The summed E-state index contributed by atoms with van der Waals surface area (Å²) >= 11 is 2.79. The van der Waals surface area contributed by atoms with E-state index in [-0.39, 0.29) is 30.0 Å². The van der Waals surface area contributed by atoms with Crippen molar-refractivity contribution in [1.82, 2.24) is 0 Å². The second kappa shape index (κ2) is 10.1. The van der Waals surface area contributed by atoms with E-state index in [4.69, 9.17) is 22.8 Å². The van der Waals surface area contributed by atoms with Gasteiger partial charge in [0.25, 0.3) is 0 Å². The molecule has 1 saturated heterocycles. The van der Waals surface area contributed by atoms with Crippen LogP contribution in [0.3, 0.4) is 0 Å². The van der Waals surface area contributed by atoms with Crippen molar-refractivity contribution >= 4 is 51.1 Å². The Morgan fingerprint density at radius 3 is 2.05 bits per heavy atom. The molecule has 0 aromatic carbocycles. The first kappa shape index (κ1) is 21.3. The number of hydrogen-bond donors (Lipinski definition) is 0. The largest absolute Gasteiger partial charge is 0.463 e. The van der Waals surface area contributed by atoms with Crippen molar-refractivity contribution in [2.24, 2.45) is 0 Å². The lowest BCUT2D eigenvalue weighted by Crippen LogP contribution is -2.52. The fourth-order valence-corrected chi connectivity index (χ4v) is 2.25. The zero-order valence-corrected chi connectivity index (χ0v) is 15.6. The van der Waals surface area contributed by atoms with Crippen molar-refractivity contribution in [1.29, 1.82) is 0 Å². The summed E-state index contributed by atoms with van der Waals surface area (Å²) in [6, 6.07) is 0. The van der Waals surface area contributed by atoms with Crippen molar-refractivity contribution < 1.29 is 37.2 Å². The summed E-state index contributed by atoms with van der Waals surface area (Å²) in [6.45, 7) is 3.64. The quantitative estimate of drug-likeness (QED) is 0.459. The Hall–Kier alpha value is -0.710. The maximum absolute atomic E-state index is 11.1. The number of esters is 3. The summed E-state index contributed by atoms with van der Waals surface area (Å²) in [6.07, 6.45) is -2.92. The highest BCUT2D eigenvalue weighted by molar-refractivity contribution is 9.06. The fraction of sp³-hybridized carbons (Fsp3) is 0.750. The molecule has 1 aliphatic heterocycles. The highest BCUT2D eigenvalue weighted by Gasteiger charge is 2.42. The Balaban J connectivity index is 0.00000441. The Morgan fingerprint density at radius 2 is 1.59 bits per heavy atom. The van der Waals surface area contributed by atoms with Gasteiger partial charge >= 0.3 is 17.9 Å². The SMILES string of the molecule is Br.CC(=O)OC[C@H]1O[C@H](OBr)[C@H](OC(C)=O)C[C@@H]1OC(C)=O. The van der Waals surface area contributed by atoms with E-state index in [1.807, 2.05) is 0 Å². The first-order valence-electron chi connectivity index (χ1n) is 6.24. The maximum atomic E-state index is 11.1. The van der Waals surface area contributed by atoms with Gasteiger partial charge in [0.05, 0.1) is 0 Å². The number of ether oxygens (including phenoxy) is 4. The zero-order valence-electron chi connectivity index (χ0n) is 12.3. The van der Waals surface area contributed by atoms with Crippen LogP contribution in [-0.2, 0) is 37.2 Å². The lowest BCUT2D eigenvalue weighted by atomic mass is 10.0. The third-order valence-electron chi connectivity index (χ3n) is 2.67. The van der Waals surface area contributed by atoms with Crippen LogP contribution >= 0.6 is 33.2 Å². The molecule has 0 aromatic heterocycles. The highest BCUT2D eigenvalue weighted by atomic mass is 79.9. The second-order valence-corrected chi connectivity index (χ2v) is 4.84. The summed E-state index contributed by atoms with van der Waals surface area (Å²) < 4.78 is 25.5. The number of carbonyl (C=O) groups is 3. The van der Waals surface area contributed by atoms with Gasteiger partial charge in [-0.05, 0) is 0 Å². The molecule has 22 heavy (non-hydrogen) atoms. The molecule has 128 valence electrons. The van der Waals surface area contributed by atoms with Crippen molar-refractivity contribution in [3.8, 4) is 0 Å². The average Bonchev–Trinajstić information content (AvgIpc) is 2.36. The van der Waals surface area contributed by atoms with Gasteiger partial charge < -0.3 is 18.9 Å². The van der Waals surface area contributed by atoms with Gasteiger partial charge in [0.15, 0.2) is 6.10 Å². The third kappa shape index (κ3) is 7.03. The molecule has 0 N–H and O–H groups in total. The molecule has 0 amide bonds. The molecule has 0 radical (unpaired) electrons. The summed E-state index contributed by atoms with van der Waals surface area (Å²) in [4.78, 5) is 33.1. The summed E-state index contributed by atoms with van der Waals surface area (Å²) in [5.74, 6) is -1.52. The molecular formula is C12H18Br2O8. The van der Waals surface area contributed by atoms with Gasteiger partial charge in [-0.25, -0.2) is 0 Å². The zero-order chi connectivity index (χ0) is 16.0. The smallest absolute Gasteiger partial charge is 0.303 e. The van der Waals surface area contributed by atoms with Crippen molar-refractivity contribution in [3.05, 3.63) is 0 Å². The number of rotatable bonds is 5. The molecular weight excluding hydrogens is 432 g/mol. The van der Waals surface area contributed by atoms with E-state index in [1.165, 1.54) is 20.8 Å². The van der Waals surface area contributed by atoms with Crippen LogP contribution < -0.4 is 0 Å². The lowest BCUT2D eigenvalue weighted by molar-refractivity contribution is -0.247. The fourth-order valence-electron chi connectivity index (χ4n) is 1.92. The molecule has 1 heterocycles. The molecule has 1 rings (SSSR count). The van der Waals surface area contributed by atoms with Crippen LogP contribution in [-0.4, -0.2) is 49.1 Å². The number of hydrogen-bond acceptors (Lipinski definition) is 8. The van der Waals surface area contributed by atoms with Crippen LogP contribution in [0.2, 0.25) is 0 Å². The van der Waals surface area contributed by atoms with Gasteiger partial charge in [0.1, 0.15) is 35.1 Å². The topological polar surface area (TPSA) is 97.4 Å². The third-order valence-corrected chi connectivity index (χ3v) is 3.03. The molecule has 0 aliphatic carbocycles. The average molecular weight is 450 g/mol. The van der Waals surface area contributed by atoms with E-state index in [1.54, 1.807) is 0 Å². The molecule has 0 bridgehead atoms. The maximum Gasteiger partial charge on any atom is 0.303 e. The molecule has 8 nitrogen and oxygen atoms in total. The Bertz CT molecular complexity index is 403. The first-order valence-corrected chi connectivity index (χ1v) is 6.89. The van der Waals surface area contributed by atoms with Crippen LogP contribution in [0.5, 0.6) is 0 Å². The predicted molar refractivity (Wildman–Crippen MR) is 81.4 cm³/mol. The Morgan fingerprint density at radius 1 is 1.05 bits per heavy atom. The van der Waals surface area contributed by atoms with E-state index < -0.39 is 42.5 Å². The molecule has 1 aliphatic rings. The molecule has 4 atom stereocenters. The van der Waals surface area contributed by atoms with E-state index in [0.717, 1.165) is 0 Å². The van der Waals surface area contributed by atoms with Crippen molar-refractivity contribution in [3.63, 3.8) is 0 Å². The number of halogens is 2. The summed E-state index contributed by atoms with van der Waals surface area (Å²) in [7, 11) is 0. The highest BCUT2D eigenvalue weighted by Crippen LogP contribution is 2.27. The summed E-state index contributed by atoms with van der Waals surface area (Å²) in [5, 5.41) is 0. The van der Waals surface area contributed by atoms with Gasteiger partial charge in [0, 0.05) is 27.2 Å². The molecule has 0 spiro atoms. The van der Waals surface area contributed by atoms with Crippen LogP contribution in [0, 0.1) is 0 Å². The van der Waals surface area contributed by atoms with Crippen LogP contribution in [0.4, 0.5) is 0 Å². The first-order chi connectivity index (χ1) is 9.83. The van der Waals surface area contributed by atoms with Crippen molar-refractivity contribution in [2.75, 3.05) is 6.61 Å². The predicted octanol–water partition coefficient (Wildman–Crippen LogP) is 1.43. The molecule has 0 unspecified atom stereocenters. The van der Waals surface area contributed by atoms with Crippen molar-refractivity contribution in [2.45, 2.75) is 51.8 Å². The van der Waals surface area contributed by atoms with Gasteiger partial charge in [0.2, 0.25) is 6.29 Å². The van der Waals surface area contributed by atoms with E-state index in [9.17, 15) is 14.4 Å². The van der Waals surface area contributed by atoms with E-state index >= 15 is 0 Å². The van der Waals surface area contributed by atoms with Gasteiger partial charge in [-0.1, -0.05) is 0 Å². The number of carbonyl (C=O) groups excluding carboxylic acids is 3. The molecule has 1 fully saturated rings. The van der Waals surface area contributed by atoms with E-state index in [2.05, 4.69) is 16.3 Å². The van der Waals surface area contributed by atoms with Gasteiger partial charge in [-0.15, -0.1) is 17.0 Å². The lowest BCUT2D eigenvalue weighted by Gasteiger charge is -2.38. The van der Waals surface area contributed by atoms with Gasteiger partial charge in [-0.2, -0.15) is 0 Å². The standard InChI is InChI=1S/C12H17BrO8.BrH/c1-6(14)17-5-11-9(18-7(2)15)4-10(19-8(3)16)12(20-11)21-13;/h9-12H,4-5H2,1-3H3;1H/t9-,10+,11+,12+;/m0./s1.